The summed E-state index contributed by atoms with van der Waals surface area (Å²) in [6.45, 7) is 1.11. The molecule has 0 radical (unpaired) electrons. The van der Waals surface area contributed by atoms with Crippen molar-refractivity contribution >= 4 is 26.0 Å². The molecule has 1 aromatic carbocycles. The van der Waals surface area contributed by atoms with Crippen LogP contribution in [0.2, 0.25) is 0 Å². The fraction of sp³-hybridized carbons (Fsp3) is 0.500. The van der Waals surface area contributed by atoms with E-state index in [1.54, 1.807) is 12.1 Å². The van der Waals surface area contributed by atoms with E-state index in [4.69, 9.17) is 9.47 Å². The quantitative estimate of drug-likeness (QED) is 0.901. The Morgan fingerprint density at radius 1 is 1.47 bits per heavy atom. The summed E-state index contributed by atoms with van der Waals surface area (Å²) in [4.78, 5) is 0.134. The van der Waals surface area contributed by atoms with E-state index in [1.807, 2.05) is 0 Å². The number of hydrogen-bond acceptors (Lipinski definition) is 4. The lowest BCUT2D eigenvalue weighted by atomic mass is 10.1. The van der Waals surface area contributed by atoms with E-state index in [0.29, 0.717) is 23.4 Å². The van der Waals surface area contributed by atoms with Gasteiger partial charge in [-0.15, -0.1) is 0 Å². The Bertz CT molecular complexity index is 541. The van der Waals surface area contributed by atoms with Crippen molar-refractivity contribution in [3.05, 3.63) is 22.7 Å². The minimum atomic E-state index is -3.61. The first-order valence-corrected chi connectivity index (χ1v) is 8.24. The van der Waals surface area contributed by atoms with Crippen LogP contribution < -0.4 is 9.46 Å². The highest BCUT2D eigenvalue weighted by molar-refractivity contribution is 9.10. The van der Waals surface area contributed by atoms with Crippen LogP contribution in [-0.2, 0) is 14.8 Å². The number of halogens is 1. The van der Waals surface area contributed by atoms with Gasteiger partial charge in [-0.1, -0.05) is 15.9 Å². The third kappa shape index (κ3) is 3.68. The van der Waals surface area contributed by atoms with E-state index in [9.17, 15) is 8.42 Å². The van der Waals surface area contributed by atoms with Gasteiger partial charge in [-0.25, -0.2) is 13.1 Å². The molecule has 1 atom stereocenters. The lowest BCUT2D eigenvalue weighted by molar-refractivity contribution is 0.0774. The lowest BCUT2D eigenvalue weighted by Gasteiger charge is -2.23. The van der Waals surface area contributed by atoms with Crippen LogP contribution in [0.3, 0.4) is 0 Å². The number of benzene rings is 1. The van der Waals surface area contributed by atoms with Crippen LogP contribution in [0.1, 0.15) is 12.8 Å². The molecule has 19 heavy (non-hydrogen) atoms. The number of rotatable bonds is 4. The van der Waals surface area contributed by atoms with Gasteiger partial charge in [0.05, 0.1) is 13.7 Å². The molecular formula is C12H16BrNO4S. The zero-order chi connectivity index (χ0) is 13.9. The van der Waals surface area contributed by atoms with Crippen LogP contribution >= 0.6 is 15.9 Å². The van der Waals surface area contributed by atoms with E-state index in [-0.39, 0.29) is 10.9 Å². The molecule has 7 heteroatoms. The van der Waals surface area contributed by atoms with Crippen molar-refractivity contribution in [3.63, 3.8) is 0 Å². The van der Waals surface area contributed by atoms with Gasteiger partial charge in [0.2, 0.25) is 10.0 Å². The first-order chi connectivity index (χ1) is 9.03. The smallest absolute Gasteiger partial charge is 0.244 e. The molecule has 0 aromatic heterocycles. The Morgan fingerprint density at radius 2 is 2.26 bits per heavy atom. The summed E-state index contributed by atoms with van der Waals surface area (Å²) in [5.41, 5.74) is 0. The van der Waals surface area contributed by atoms with Crippen LogP contribution in [0, 0.1) is 0 Å². The summed E-state index contributed by atoms with van der Waals surface area (Å²) in [6.07, 6.45) is 1.65. The monoisotopic (exact) mass is 349 g/mol. The Kier molecular flexibility index (Phi) is 4.83. The minimum Gasteiger partial charge on any atom is -0.495 e. The molecule has 0 aliphatic carbocycles. The first kappa shape index (κ1) is 14.8. The molecule has 1 N–H and O–H groups in total. The summed E-state index contributed by atoms with van der Waals surface area (Å²) in [5, 5.41) is 0. The van der Waals surface area contributed by atoms with Crippen molar-refractivity contribution in [2.24, 2.45) is 0 Å². The fourth-order valence-corrected chi connectivity index (χ4v) is 3.94. The van der Waals surface area contributed by atoms with Gasteiger partial charge in [-0.05, 0) is 31.0 Å². The molecule has 0 bridgehead atoms. The van der Waals surface area contributed by atoms with E-state index in [0.717, 1.165) is 12.8 Å². The Labute approximate surface area is 121 Å². The van der Waals surface area contributed by atoms with Gasteiger partial charge >= 0.3 is 0 Å². The van der Waals surface area contributed by atoms with Crippen LogP contribution in [0.25, 0.3) is 0 Å². The van der Waals surface area contributed by atoms with Crippen molar-refractivity contribution in [3.8, 4) is 5.75 Å². The van der Waals surface area contributed by atoms with Gasteiger partial charge in [0.25, 0.3) is 0 Å². The van der Waals surface area contributed by atoms with E-state index >= 15 is 0 Å². The highest BCUT2D eigenvalue weighted by atomic mass is 79.9. The topological polar surface area (TPSA) is 64.6 Å². The van der Waals surface area contributed by atoms with Crippen LogP contribution in [0.4, 0.5) is 0 Å². The molecule has 1 heterocycles. The summed E-state index contributed by atoms with van der Waals surface area (Å²) < 4.78 is 38.5. The van der Waals surface area contributed by atoms with Gasteiger partial charge in [0.1, 0.15) is 10.6 Å². The first-order valence-electron chi connectivity index (χ1n) is 5.96. The van der Waals surface area contributed by atoms with Gasteiger partial charge in [0.15, 0.2) is 0 Å². The molecule has 0 saturated carbocycles. The van der Waals surface area contributed by atoms with Crippen molar-refractivity contribution in [2.45, 2.75) is 23.8 Å². The number of sulfonamides is 1. The van der Waals surface area contributed by atoms with Crippen molar-refractivity contribution in [2.75, 3.05) is 20.3 Å². The third-order valence-corrected chi connectivity index (χ3v) is 4.93. The van der Waals surface area contributed by atoms with Crippen molar-refractivity contribution in [1.82, 2.24) is 4.72 Å². The average Bonchev–Trinajstić information content (AvgIpc) is 2.39. The molecule has 1 aliphatic heterocycles. The SMILES string of the molecule is COc1ccc(Br)cc1S(=O)(=O)NC1CCCOC1. The second-order valence-corrected chi connectivity index (χ2v) is 6.93. The molecule has 106 valence electrons. The molecule has 1 aliphatic rings. The number of ether oxygens (including phenoxy) is 2. The van der Waals surface area contributed by atoms with E-state index < -0.39 is 10.0 Å². The molecule has 1 saturated heterocycles. The Balaban J connectivity index is 2.25. The highest BCUT2D eigenvalue weighted by Crippen LogP contribution is 2.27. The fourth-order valence-electron chi connectivity index (χ4n) is 1.98. The predicted molar refractivity (Wildman–Crippen MR) is 74.9 cm³/mol. The molecule has 5 nitrogen and oxygen atoms in total. The van der Waals surface area contributed by atoms with Crippen LogP contribution in [-0.4, -0.2) is 34.8 Å². The molecule has 1 aromatic rings. The molecule has 1 unspecified atom stereocenters. The Morgan fingerprint density at radius 3 is 2.89 bits per heavy atom. The zero-order valence-electron chi connectivity index (χ0n) is 10.6. The number of hydrogen-bond donors (Lipinski definition) is 1. The second-order valence-electron chi connectivity index (χ2n) is 4.33. The maximum atomic E-state index is 12.4. The summed E-state index contributed by atoms with van der Waals surface area (Å²) >= 11 is 3.27. The van der Waals surface area contributed by atoms with Gasteiger partial charge in [0, 0.05) is 17.1 Å². The normalized spacial score (nSPS) is 20.2. The molecule has 0 amide bonds. The minimum absolute atomic E-state index is 0.134. The number of methoxy groups -OCH3 is 1. The van der Waals surface area contributed by atoms with E-state index in [2.05, 4.69) is 20.7 Å². The summed E-state index contributed by atoms with van der Waals surface area (Å²) in [7, 11) is -2.16. The summed E-state index contributed by atoms with van der Waals surface area (Å²) in [6, 6.07) is 4.71. The van der Waals surface area contributed by atoms with Gasteiger partial charge in [-0.3, -0.25) is 0 Å². The third-order valence-electron chi connectivity index (χ3n) is 2.90. The Hall–Kier alpha value is -0.630. The van der Waals surface area contributed by atoms with Crippen LogP contribution in [0.15, 0.2) is 27.6 Å². The predicted octanol–water partition coefficient (Wildman–Crippen LogP) is 1.91. The second kappa shape index (κ2) is 6.21. The molecule has 2 rings (SSSR count). The zero-order valence-corrected chi connectivity index (χ0v) is 13.0. The van der Waals surface area contributed by atoms with Crippen molar-refractivity contribution < 1.29 is 17.9 Å². The van der Waals surface area contributed by atoms with Crippen LogP contribution in [0.5, 0.6) is 5.75 Å². The van der Waals surface area contributed by atoms with E-state index in [1.165, 1.54) is 13.2 Å². The molecule has 1 fully saturated rings. The maximum Gasteiger partial charge on any atom is 0.244 e. The molecule has 0 spiro atoms. The molecular weight excluding hydrogens is 334 g/mol. The lowest BCUT2D eigenvalue weighted by Crippen LogP contribution is -2.40. The largest absolute Gasteiger partial charge is 0.495 e. The highest BCUT2D eigenvalue weighted by Gasteiger charge is 2.25. The average molecular weight is 350 g/mol. The van der Waals surface area contributed by atoms with Gasteiger partial charge in [-0.2, -0.15) is 0 Å². The standard InChI is InChI=1S/C12H16BrNO4S/c1-17-11-5-4-9(13)7-12(11)19(15,16)14-10-3-2-6-18-8-10/h4-5,7,10,14H,2-3,6,8H2,1H3. The summed E-state index contributed by atoms with van der Waals surface area (Å²) in [5.74, 6) is 0.326. The maximum absolute atomic E-state index is 12.4. The van der Waals surface area contributed by atoms with Crippen molar-refractivity contribution in [1.29, 1.82) is 0 Å². The van der Waals surface area contributed by atoms with Gasteiger partial charge < -0.3 is 9.47 Å². The number of nitrogens with one attached hydrogen (secondary N) is 1.